The first-order valence-corrected chi connectivity index (χ1v) is 22.1. The fraction of sp³-hybridized carbons (Fsp3) is 0.913. The molecule has 0 aliphatic heterocycles. The molecule has 0 fully saturated rings. The van der Waals surface area contributed by atoms with Gasteiger partial charge in [0, 0.05) is 5.92 Å². The first-order valence-electron chi connectivity index (χ1n) is 22.1. The summed E-state index contributed by atoms with van der Waals surface area (Å²) in [6.45, 7) is 11.9. The summed E-state index contributed by atoms with van der Waals surface area (Å²) in [6, 6.07) is 0. The second kappa shape index (κ2) is 33.0. The van der Waals surface area contributed by atoms with Gasteiger partial charge < -0.3 is 0 Å². The summed E-state index contributed by atoms with van der Waals surface area (Å²) in [7, 11) is 0. The zero-order valence-electron chi connectivity index (χ0n) is 33.0. The highest BCUT2D eigenvalue weighted by atomic mass is 14.3. The lowest BCUT2D eigenvalue weighted by atomic mass is 9.82. The van der Waals surface area contributed by atoms with Crippen molar-refractivity contribution >= 4 is 0 Å². The largest absolute Gasteiger partial charge is 0.0654 e. The van der Waals surface area contributed by atoms with Gasteiger partial charge in [-0.3, -0.25) is 0 Å². The van der Waals surface area contributed by atoms with Gasteiger partial charge in [-0.05, 0) is 43.6 Å². The van der Waals surface area contributed by atoms with Gasteiger partial charge in [-0.25, -0.2) is 0 Å². The third-order valence-corrected chi connectivity index (χ3v) is 11.2. The fourth-order valence-electron chi connectivity index (χ4n) is 8.09. The van der Waals surface area contributed by atoms with Crippen LogP contribution in [0.15, 0.2) is 22.8 Å². The molecule has 1 rings (SSSR count). The summed E-state index contributed by atoms with van der Waals surface area (Å²) in [5.74, 6) is 1.48. The summed E-state index contributed by atoms with van der Waals surface area (Å²) in [5.41, 5.74) is 5.50. The van der Waals surface area contributed by atoms with E-state index in [4.69, 9.17) is 0 Å². The average Bonchev–Trinajstić information content (AvgIpc) is 3.40. The van der Waals surface area contributed by atoms with Crippen molar-refractivity contribution in [3.8, 4) is 0 Å². The van der Waals surface area contributed by atoms with Crippen LogP contribution in [-0.4, -0.2) is 0 Å². The Bertz CT molecular complexity index is 693. The lowest BCUT2D eigenvalue weighted by Gasteiger charge is -2.23. The molecule has 1 atom stereocenters. The maximum atomic E-state index is 2.73. The first kappa shape index (κ1) is 43.5. The van der Waals surface area contributed by atoms with Crippen molar-refractivity contribution in [3.05, 3.63) is 22.8 Å². The Morgan fingerprint density at radius 3 is 1.04 bits per heavy atom. The molecule has 0 nitrogen and oxygen atoms in total. The molecule has 0 aromatic rings. The monoisotopic (exact) mass is 641 g/mol. The molecule has 0 heterocycles. The molecular weight excluding hydrogens is 553 g/mol. The molecule has 0 bridgehead atoms. The highest BCUT2D eigenvalue weighted by Gasteiger charge is 2.28. The molecule has 0 radical (unpaired) electrons. The van der Waals surface area contributed by atoms with Crippen molar-refractivity contribution in [2.24, 2.45) is 11.8 Å². The summed E-state index contributed by atoms with van der Waals surface area (Å²) in [4.78, 5) is 0. The van der Waals surface area contributed by atoms with E-state index < -0.39 is 0 Å². The molecule has 1 unspecified atom stereocenters. The maximum Gasteiger partial charge on any atom is 0.00185 e. The Labute approximate surface area is 293 Å². The maximum absolute atomic E-state index is 2.73. The Kier molecular flexibility index (Phi) is 31.2. The van der Waals surface area contributed by atoms with E-state index in [0.29, 0.717) is 5.92 Å². The molecule has 0 N–H and O–H groups in total. The van der Waals surface area contributed by atoms with Gasteiger partial charge in [0.2, 0.25) is 0 Å². The Morgan fingerprint density at radius 2 is 0.696 bits per heavy atom. The summed E-state index contributed by atoms with van der Waals surface area (Å²) < 4.78 is 0. The zero-order valence-corrected chi connectivity index (χ0v) is 33.0. The van der Waals surface area contributed by atoms with Gasteiger partial charge >= 0.3 is 0 Å². The van der Waals surface area contributed by atoms with E-state index in [1.54, 1.807) is 11.1 Å². The van der Waals surface area contributed by atoms with E-state index in [2.05, 4.69) is 40.7 Å². The van der Waals surface area contributed by atoms with Gasteiger partial charge in [0.15, 0.2) is 0 Å². The van der Waals surface area contributed by atoms with Crippen LogP contribution in [0.3, 0.4) is 0 Å². The standard InChI is InChI=1S/C46H88/c1-6-9-12-15-18-21-23-25-28-30-33-36-39-44-43(38-35-32-29-27-24-22-19-16-13-10-7-2)41-46(42(4)5)45(44)40-37-34-31-26-20-17-14-11-8-3/h41-42,45H,6-40H2,1-5H3. The fourth-order valence-corrected chi connectivity index (χ4v) is 8.09. The quantitative estimate of drug-likeness (QED) is 0.0598. The molecule has 0 heteroatoms. The van der Waals surface area contributed by atoms with Gasteiger partial charge in [-0.1, -0.05) is 244 Å². The summed E-state index contributed by atoms with van der Waals surface area (Å²) in [5, 5.41) is 0. The number of rotatable bonds is 36. The smallest absolute Gasteiger partial charge is 0.00185 e. The normalized spacial score (nSPS) is 15.1. The van der Waals surface area contributed by atoms with Gasteiger partial charge in [0.25, 0.3) is 0 Å². The van der Waals surface area contributed by atoms with E-state index in [1.807, 2.05) is 5.57 Å². The van der Waals surface area contributed by atoms with Crippen molar-refractivity contribution in [1.82, 2.24) is 0 Å². The van der Waals surface area contributed by atoms with Crippen molar-refractivity contribution < 1.29 is 0 Å². The summed E-state index contributed by atoms with van der Waals surface area (Å²) in [6.07, 6.45) is 53.3. The Morgan fingerprint density at radius 1 is 0.391 bits per heavy atom. The van der Waals surface area contributed by atoms with Crippen molar-refractivity contribution in [2.75, 3.05) is 0 Å². The molecule has 1 aliphatic rings. The summed E-state index contributed by atoms with van der Waals surface area (Å²) >= 11 is 0. The molecule has 0 spiro atoms. The van der Waals surface area contributed by atoms with Crippen molar-refractivity contribution in [3.63, 3.8) is 0 Å². The van der Waals surface area contributed by atoms with Gasteiger partial charge in [0.05, 0.1) is 0 Å². The lowest BCUT2D eigenvalue weighted by Crippen LogP contribution is -2.10. The average molecular weight is 641 g/mol. The van der Waals surface area contributed by atoms with Crippen LogP contribution in [0.2, 0.25) is 0 Å². The van der Waals surface area contributed by atoms with E-state index in [-0.39, 0.29) is 0 Å². The van der Waals surface area contributed by atoms with Crippen LogP contribution in [0.1, 0.15) is 259 Å². The number of hydrogen-bond acceptors (Lipinski definition) is 0. The zero-order chi connectivity index (χ0) is 33.3. The predicted molar refractivity (Wildman–Crippen MR) is 212 cm³/mol. The van der Waals surface area contributed by atoms with Crippen molar-refractivity contribution in [1.29, 1.82) is 0 Å². The lowest BCUT2D eigenvalue weighted by molar-refractivity contribution is 0.494. The molecule has 46 heavy (non-hydrogen) atoms. The third kappa shape index (κ3) is 23.7. The number of hydrogen-bond donors (Lipinski definition) is 0. The highest BCUT2D eigenvalue weighted by Crippen LogP contribution is 2.43. The van der Waals surface area contributed by atoms with Gasteiger partial charge in [-0.2, -0.15) is 0 Å². The molecule has 0 saturated heterocycles. The van der Waals surface area contributed by atoms with Crippen LogP contribution in [-0.2, 0) is 0 Å². The minimum Gasteiger partial charge on any atom is -0.0654 e. The van der Waals surface area contributed by atoms with Gasteiger partial charge in [-0.15, -0.1) is 0 Å². The van der Waals surface area contributed by atoms with E-state index in [1.165, 1.54) is 225 Å². The van der Waals surface area contributed by atoms with Crippen LogP contribution in [0, 0.1) is 11.8 Å². The minimum absolute atomic E-state index is 0.704. The molecule has 0 aromatic heterocycles. The topological polar surface area (TPSA) is 0 Å². The molecule has 272 valence electrons. The third-order valence-electron chi connectivity index (χ3n) is 11.2. The first-order chi connectivity index (χ1) is 22.7. The van der Waals surface area contributed by atoms with Gasteiger partial charge in [0.1, 0.15) is 0 Å². The van der Waals surface area contributed by atoms with Crippen molar-refractivity contribution in [2.45, 2.75) is 259 Å². The van der Waals surface area contributed by atoms with Crippen LogP contribution in [0.25, 0.3) is 0 Å². The van der Waals surface area contributed by atoms with E-state index in [0.717, 1.165) is 5.92 Å². The van der Waals surface area contributed by atoms with Crippen LogP contribution >= 0.6 is 0 Å². The second-order valence-electron chi connectivity index (χ2n) is 15.9. The second-order valence-corrected chi connectivity index (χ2v) is 15.9. The molecule has 0 aromatic carbocycles. The highest BCUT2D eigenvalue weighted by molar-refractivity contribution is 5.43. The molecule has 0 saturated carbocycles. The van der Waals surface area contributed by atoms with E-state index >= 15 is 0 Å². The minimum atomic E-state index is 0.704. The number of allylic oxidation sites excluding steroid dienone is 4. The Hall–Kier alpha value is -0.520. The predicted octanol–water partition coefficient (Wildman–Crippen LogP) is 17.2. The Balaban J connectivity index is 2.50. The number of unbranched alkanes of at least 4 members (excludes halogenated alkanes) is 29. The van der Waals surface area contributed by atoms with E-state index in [9.17, 15) is 0 Å². The van der Waals surface area contributed by atoms with Crippen LogP contribution in [0.4, 0.5) is 0 Å². The molecule has 0 amide bonds. The van der Waals surface area contributed by atoms with Crippen LogP contribution in [0.5, 0.6) is 0 Å². The SMILES string of the molecule is CCCCCCCCCCCCCCC1=C(CCCCCCCCCCCCC)C=C(C(C)C)C1CCCCCCCCCCC. The molecular formula is C46H88. The molecule has 1 aliphatic carbocycles. The van der Waals surface area contributed by atoms with Crippen LogP contribution < -0.4 is 0 Å².